The van der Waals surface area contributed by atoms with Gasteiger partial charge in [0.25, 0.3) is 0 Å². The Balaban J connectivity index is 2.51. The molecule has 0 saturated heterocycles. The predicted molar refractivity (Wildman–Crippen MR) is 94.3 cm³/mol. The van der Waals surface area contributed by atoms with Crippen molar-refractivity contribution >= 4 is 22.9 Å². The van der Waals surface area contributed by atoms with E-state index in [9.17, 15) is 0 Å². The Bertz CT molecular complexity index is 551. The molecule has 1 aliphatic rings. The van der Waals surface area contributed by atoms with Crippen LogP contribution in [0.1, 0.15) is 52.0 Å². The molecule has 4 nitrogen and oxygen atoms in total. The molecule has 1 aliphatic carbocycles. The summed E-state index contributed by atoms with van der Waals surface area (Å²) in [6, 6.07) is 4.03. The van der Waals surface area contributed by atoms with Crippen LogP contribution < -0.4 is 5.32 Å². The molecule has 1 unspecified atom stereocenters. The second-order valence-corrected chi connectivity index (χ2v) is 7.08. The first-order chi connectivity index (χ1) is 10.4. The maximum atomic E-state index is 5.72. The number of nitrogens with zero attached hydrogens (tertiary/aromatic N) is 2. The molecule has 120 valence electrons. The highest BCUT2D eigenvalue weighted by atomic mass is 32.1. The normalized spacial score (nSPS) is 24.1. The van der Waals surface area contributed by atoms with Gasteiger partial charge in [-0.25, -0.2) is 0 Å². The Morgan fingerprint density at radius 1 is 1.41 bits per heavy atom. The Labute approximate surface area is 138 Å². The van der Waals surface area contributed by atoms with Gasteiger partial charge in [-0.05, 0) is 51.7 Å². The number of rotatable bonds is 3. The number of thiocarbonyl (C=S) groups is 1. The van der Waals surface area contributed by atoms with Crippen molar-refractivity contribution in [1.29, 1.82) is 0 Å². The third-order valence-electron chi connectivity index (χ3n) is 3.91. The van der Waals surface area contributed by atoms with Crippen LogP contribution in [-0.2, 0) is 10.3 Å². The average Bonchev–Trinajstić information content (AvgIpc) is 2.52. The molecule has 1 N–H and O–H groups in total. The van der Waals surface area contributed by atoms with Gasteiger partial charge < -0.3 is 10.2 Å². The van der Waals surface area contributed by atoms with Crippen molar-refractivity contribution in [3.05, 3.63) is 30.1 Å². The van der Waals surface area contributed by atoms with Crippen LogP contribution in [0.5, 0.6) is 0 Å². The standard InChI is InChI=1S/C17H25N3OS/c1-16(2,3)21-20-14-9-5-6-10-17(14,15(22)18-4)13-8-7-11-19-12-13/h7-8,11-12H,5-6,9-10H2,1-4H3,(H,18,22)/b20-14+. The zero-order valence-corrected chi connectivity index (χ0v) is 14.7. The zero-order valence-electron chi connectivity index (χ0n) is 13.8. The first-order valence-corrected chi connectivity index (χ1v) is 8.19. The molecule has 0 bridgehead atoms. The molecular weight excluding hydrogens is 294 g/mol. The summed E-state index contributed by atoms with van der Waals surface area (Å²) in [5, 5.41) is 7.68. The molecule has 2 rings (SSSR count). The maximum Gasteiger partial charge on any atom is 0.129 e. The largest absolute Gasteiger partial charge is 0.390 e. The van der Waals surface area contributed by atoms with E-state index in [0.29, 0.717) is 0 Å². The van der Waals surface area contributed by atoms with Crippen LogP contribution in [0.3, 0.4) is 0 Å². The van der Waals surface area contributed by atoms with Crippen LogP contribution in [0.25, 0.3) is 0 Å². The van der Waals surface area contributed by atoms with Crippen LogP contribution in [0.15, 0.2) is 29.7 Å². The molecular formula is C17H25N3OS. The Kier molecular flexibility index (Phi) is 5.16. The van der Waals surface area contributed by atoms with Gasteiger partial charge in [-0.1, -0.05) is 29.9 Å². The van der Waals surface area contributed by atoms with E-state index in [-0.39, 0.29) is 5.60 Å². The summed E-state index contributed by atoms with van der Waals surface area (Å²) in [7, 11) is 1.87. The number of aromatic nitrogens is 1. The van der Waals surface area contributed by atoms with E-state index in [0.717, 1.165) is 41.9 Å². The maximum absolute atomic E-state index is 5.72. The minimum atomic E-state index is -0.401. The lowest BCUT2D eigenvalue weighted by molar-refractivity contribution is -0.000592. The van der Waals surface area contributed by atoms with Gasteiger partial charge in [-0.3, -0.25) is 4.98 Å². The first kappa shape index (κ1) is 16.9. The van der Waals surface area contributed by atoms with Crippen LogP contribution in [-0.4, -0.2) is 28.3 Å². The first-order valence-electron chi connectivity index (χ1n) is 7.78. The van der Waals surface area contributed by atoms with E-state index >= 15 is 0 Å². The second kappa shape index (κ2) is 6.73. The molecule has 1 atom stereocenters. The number of hydrogen-bond donors (Lipinski definition) is 1. The van der Waals surface area contributed by atoms with Crippen molar-refractivity contribution in [2.45, 2.75) is 57.5 Å². The van der Waals surface area contributed by atoms with Crippen molar-refractivity contribution in [2.75, 3.05) is 7.05 Å². The lowest BCUT2D eigenvalue weighted by atomic mass is 9.68. The van der Waals surface area contributed by atoms with E-state index in [1.807, 2.05) is 40.1 Å². The number of likely N-dealkylation sites (N-methyl/N-ethyl adjacent to an activating group) is 1. The molecule has 0 aromatic carbocycles. The minimum absolute atomic E-state index is 0.313. The van der Waals surface area contributed by atoms with E-state index < -0.39 is 5.41 Å². The van der Waals surface area contributed by atoms with Crippen LogP contribution >= 0.6 is 12.2 Å². The molecule has 1 fully saturated rings. The van der Waals surface area contributed by atoms with Gasteiger partial charge in [0.15, 0.2) is 0 Å². The molecule has 1 aromatic rings. The lowest BCUT2D eigenvalue weighted by Gasteiger charge is -2.39. The van der Waals surface area contributed by atoms with E-state index in [1.165, 1.54) is 0 Å². The smallest absolute Gasteiger partial charge is 0.129 e. The topological polar surface area (TPSA) is 46.5 Å². The van der Waals surface area contributed by atoms with Gasteiger partial charge in [0.1, 0.15) is 5.60 Å². The highest BCUT2D eigenvalue weighted by Crippen LogP contribution is 2.38. The summed E-state index contributed by atoms with van der Waals surface area (Å²) in [6.07, 6.45) is 7.73. The van der Waals surface area contributed by atoms with Crippen molar-refractivity contribution in [3.8, 4) is 0 Å². The lowest BCUT2D eigenvalue weighted by Crippen LogP contribution is -2.50. The van der Waals surface area contributed by atoms with Gasteiger partial charge in [0.2, 0.25) is 0 Å². The molecule has 1 saturated carbocycles. The molecule has 0 radical (unpaired) electrons. The summed E-state index contributed by atoms with van der Waals surface area (Å²) in [5.41, 5.74) is 1.38. The molecule has 0 aliphatic heterocycles. The third-order valence-corrected chi connectivity index (χ3v) is 4.46. The second-order valence-electron chi connectivity index (χ2n) is 6.67. The van der Waals surface area contributed by atoms with Gasteiger partial charge in [0.05, 0.1) is 16.1 Å². The van der Waals surface area contributed by atoms with E-state index in [2.05, 4.69) is 21.5 Å². The highest BCUT2D eigenvalue weighted by molar-refractivity contribution is 7.80. The average molecular weight is 319 g/mol. The number of nitrogens with one attached hydrogen (secondary N) is 1. The minimum Gasteiger partial charge on any atom is -0.390 e. The summed E-state index contributed by atoms with van der Waals surface area (Å²) in [6.45, 7) is 6.01. The number of hydrogen-bond acceptors (Lipinski definition) is 4. The SMILES string of the molecule is CNC(=S)C1(c2cccnc2)CCCC/C1=N\OC(C)(C)C. The highest BCUT2D eigenvalue weighted by Gasteiger charge is 2.44. The Morgan fingerprint density at radius 2 is 2.18 bits per heavy atom. The van der Waals surface area contributed by atoms with Crippen LogP contribution in [0.2, 0.25) is 0 Å². The van der Waals surface area contributed by atoms with Crippen molar-refractivity contribution < 1.29 is 4.84 Å². The monoisotopic (exact) mass is 319 g/mol. The van der Waals surface area contributed by atoms with Crippen molar-refractivity contribution in [2.24, 2.45) is 5.16 Å². The van der Waals surface area contributed by atoms with E-state index in [4.69, 9.17) is 17.1 Å². The van der Waals surface area contributed by atoms with Crippen molar-refractivity contribution in [3.63, 3.8) is 0 Å². The zero-order chi connectivity index (χ0) is 16.2. The fourth-order valence-electron chi connectivity index (χ4n) is 2.87. The van der Waals surface area contributed by atoms with Gasteiger partial charge >= 0.3 is 0 Å². The van der Waals surface area contributed by atoms with Gasteiger partial charge in [-0.15, -0.1) is 0 Å². The summed E-state index contributed by atoms with van der Waals surface area (Å²) >= 11 is 5.68. The third kappa shape index (κ3) is 3.46. The van der Waals surface area contributed by atoms with Gasteiger partial charge in [0, 0.05) is 19.4 Å². The summed E-state index contributed by atoms with van der Waals surface area (Å²) < 4.78 is 0. The van der Waals surface area contributed by atoms with E-state index in [1.54, 1.807) is 6.20 Å². The molecule has 5 heteroatoms. The summed E-state index contributed by atoms with van der Waals surface area (Å²) in [5.74, 6) is 0. The summed E-state index contributed by atoms with van der Waals surface area (Å²) in [4.78, 5) is 10.8. The van der Waals surface area contributed by atoms with Crippen LogP contribution in [0, 0.1) is 0 Å². The molecule has 22 heavy (non-hydrogen) atoms. The molecule has 1 heterocycles. The quantitative estimate of drug-likeness (QED) is 0.683. The van der Waals surface area contributed by atoms with Gasteiger partial charge in [-0.2, -0.15) is 0 Å². The fraction of sp³-hybridized carbons (Fsp3) is 0.588. The predicted octanol–water partition coefficient (Wildman–Crippen LogP) is 3.61. The van der Waals surface area contributed by atoms with Crippen molar-refractivity contribution in [1.82, 2.24) is 10.3 Å². The van der Waals surface area contributed by atoms with Crippen LogP contribution in [0.4, 0.5) is 0 Å². The molecule has 1 aromatic heterocycles. The Hall–Kier alpha value is -1.49. The molecule has 0 spiro atoms. The fourth-order valence-corrected chi connectivity index (χ4v) is 3.21. The number of oxime groups is 1. The molecule has 0 amide bonds. The Morgan fingerprint density at radius 3 is 2.77 bits per heavy atom. The number of pyridine rings is 1.